The van der Waals surface area contributed by atoms with Gasteiger partial charge in [-0.05, 0) is 38.5 Å². The van der Waals surface area contributed by atoms with Gasteiger partial charge >= 0.3 is 0 Å². The normalized spacial score (nSPS) is 12.2. The van der Waals surface area contributed by atoms with Crippen LogP contribution in [0.3, 0.4) is 0 Å². The quantitative estimate of drug-likeness (QED) is 0.728. The molecule has 1 N–H and O–H groups in total. The van der Waals surface area contributed by atoms with Gasteiger partial charge in [0.25, 0.3) is 0 Å². The first-order valence-electron chi connectivity index (χ1n) is 6.29. The monoisotopic (exact) mass is 255 g/mol. The third kappa shape index (κ3) is 4.47. The molecule has 3 heteroatoms. The van der Waals surface area contributed by atoms with E-state index in [0.29, 0.717) is 18.5 Å². The van der Waals surface area contributed by atoms with Gasteiger partial charge in [0.2, 0.25) is 0 Å². The molecule has 0 aliphatic heterocycles. The summed E-state index contributed by atoms with van der Waals surface area (Å²) in [5.41, 5.74) is 2.16. The number of alkyl halides is 1. The van der Waals surface area contributed by atoms with Gasteiger partial charge in [0, 0.05) is 17.3 Å². The lowest BCUT2D eigenvalue weighted by Crippen LogP contribution is -2.14. The Morgan fingerprint density at radius 1 is 1.35 bits per heavy atom. The third-order valence-electron chi connectivity index (χ3n) is 2.64. The highest BCUT2D eigenvalue weighted by Gasteiger charge is 2.06. The Bertz CT molecular complexity index is 341. The molecule has 0 saturated heterocycles. The fourth-order valence-corrected chi connectivity index (χ4v) is 2.07. The lowest BCUT2D eigenvalue weighted by Gasteiger charge is -2.16. The maximum Gasteiger partial charge on any atom is 0.123 e. The number of anilines is 1. The van der Waals surface area contributed by atoms with Crippen LogP contribution in [0.5, 0.6) is 5.75 Å². The average Bonchev–Trinajstić information content (AvgIpc) is 2.31. The Morgan fingerprint density at radius 3 is 2.71 bits per heavy atom. The van der Waals surface area contributed by atoms with Gasteiger partial charge in [-0.2, -0.15) is 0 Å². The molecule has 1 rings (SSSR count). The maximum atomic E-state index is 5.93. The molecule has 0 fully saturated rings. The smallest absolute Gasteiger partial charge is 0.123 e. The first-order chi connectivity index (χ1) is 8.21. The van der Waals surface area contributed by atoms with E-state index in [4.69, 9.17) is 16.3 Å². The molecule has 0 aliphatic rings. The molecule has 1 unspecified atom stereocenters. The summed E-state index contributed by atoms with van der Waals surface area (Å²) in [5, 5.41) is 3.47. The number of hydrogen-bond acceptors (Lipinski definition) is 2. The van der Waals surface area contributed by atoms with E-state index in [9.17, 15) is 0 Å². The topological polar surface area (TPSA) is 21.3 Å². The van der Waals surface area contributed by atoms with Gasteiger partial charge in [-0.15, -0.1) is 11.6 Å². The van der Waals surface area contributed by atoms with E-state index >= 15 is 0 Å². The van der Waals surface area contributed by atoms with E-state index in [0.717, 1.165) is 17.0 Å². The van der Waals surface area contributed by atoms with Crippen LogP contribution in [0.25, 0.3) is 0 Å². The van der Waals surface area contributed by atoms with Crippen molar-refractivity contribution in [2.24, 2.45) is 0 Å². The van der Waals surface area contributed by atoms with Crippen molar-refractivity contribution < 1.29 is 4.74 Å². The van der Waals surface area contributed by atoms with Crippen molar-refractivity contribution in [3.8, 4) is 5.75 Å². The first kappa shape index (κ1) is 14.2. The van der Waals surface area contributed by atoms with Gasteiger partial charge in [-0.3, -0.25) is 0 Å². The Kier molecular flexibility index (Phi) is 6.20. The van der Waals surface area contributed by atoms with Gasteiger partial charge in [0.1, 0.15) is 5.75 Å². The van der Waals surface area contributed by atoms with Gasteiger partial charge in [-0.1, -0.05) is 13.3 Å². The van der Waals surface area contributed by atoms with Crippen LogP contribution in [0, 0.1) is 0 Å². The number of rotatable bonds is 7. The van der Waals surface area contributed by atoms with Gasteiger partial charge < -0.3 is 10.1 Å². The fourth-order valence-electron chi connectivity index (χ4n) is 1.86. The maximum absolute atomic E-state index is 5.93. The van der Waals surface area contributed by atoms with Crippen LogP contribution in [0.4, 0.5) is 5.69 Å². The molecule has 2 nitrogen and oxygen atoms in total. The minimum atomic E-state index is 0.479. The highest BCUT2D eigenvalue weighted by molar-refractivity contribution is 6.17. The Hall–Kier alpha value is -0.890. The number of halogens is 1. The Balaban J connectivity index is 2.74. The summed E-state index contributed by atoms with van der Waals surface area (Å²) in [6, 6.07) is 6.60. The molecule has 1 aromatic rings. The largest absolute Gasteiger partial charge is 0.494 e. The van der Waals surface area contributed by atoms with E-state index in [-0.39, 0.29) is 0 Å². The minimum Gasteiger partial charge on any atom is -0.494 e. The van der Waals surface area contributed by atoms with Crippen LogP contribution in [0.15, 0.2) is 18.2 Å². The van der Waals surface area contributed by atoms with Crippen molar-refractivity contribution in [2.45, 2.75) is 45.5 Å². The predicted molar refractivity (Wildman–Crippen MR) is 75.2 cm³/mol. The number of ether oxygens (including phenoxy) is 1. The van der Waals surface area contributed by atoms with Crippen LogP contribution < -0.4 is 10.1 Å². The summed E-state index contributed by atoms with van der Waals surface area (Å²) in [6.45, 7) is 7.04. The molecule has 0 radical (unpaired) electrons. The summed E-state index contributed by atoms with van der Waals surface area (Å²) in [5.74, 6) is 1.36. The second-order valence-electron chi connectivity index (χ2n) is 4.22. The number of nitrogens with one attached hydrogen (secondary N) is 1. The molecule has 17 heavy (non-hydrogen) atoms. The molecule has 0 saturated carbocycles. The zero-order chi connectivity index (χ0) is 12.7. The molecule has 0 aliphatic carbocycles. The number of benzene rings is 1. The third-order valence-corrected chi connectivity index (χ3v) is 2.93. The molecule has 1 aromatic carbocycles. The predicted octanol–water partition coefficient (Wildman–Crippen LogP) is 4.42. The molecule has 0 spiro atoms. The van der Waals surface area contributed by atoms with Crippen molar-refractivity contribution in [2.75, 3.05) is 11.9 Å². The van der Waals surface area contributed by atoms with Crippen LogP contribution in [0.2, 0.25) is 0 Å². The fraction of sp³-hybridized carbons (Fsp3) is 0.571. The highest BCUT2D eigenvalue weighted by Crippen LogP contribution is 2.25. The first-order valence-corrected chi connectivity index (χ1v) is 6.82. The van der Waals surface area contributed by atoms with E-state index < -0.39 is 0 Å². The standard InChI is InChI=1S/C14H22ClNO/c1-4-6-11(3)16-13-7-8-14(17-5-2)12(9-13)10-15/h7-9,11,16H,4-6,10H2,1-3H3. The summed E-state index contributed by atoms with van der Waals surface area (Å²) >= 11 is 5.93. The molecule has 96 valence electrons. The van der Waals surface area contributed by atoms with Crippen molar-refractivity contribution in [3.63, 3.8) is 0 Å². The van der Waals surface area contributed by atoms with E-state index in [2.05, 4.69) is 25.2 Å². The second-order valence-corrected chi connectivity index (χ2v) is 4.49. The average molecular weight is 256 g/mol. The zero-order valence-electron chi connectivity index (χ0n) is 10.9. The summed E-state index contributed by atoms with van der Waals surface area (Å²) in [6.07, 6.45) is 2.36. The second kappa shape index (κ2) is 7.44. The lowest BCUT2D eigenvalue weighted by molar-refractivity contribution is 0.337. The van der Waals surface area contributed by atoms with Crippen LogP contribution in [-0.4, -0.2) is 12.6 Å². The summed E-state index contributed by atoms with van der Waals surface area (Å²) in [4.78, 5) is 0. The zero-order valence-corrected chi connectivity index (χ0v) is 11.7. The SMILES string of the molecule is CCCC(C)Nc1ccc(OCC)c(CCl)c1. The Labute approximate surface area is 109 Å². The molecular formula is C14H22ClNO. The van der Waals surface area contributed by atoms with Crippen molar-refractivity contribution >= 4 is 17.3 Å². The molecule has 1 atom stereocenters. The molecule has 0 bridgehead atoms. The summed E-state index contributed by atoms with van der Waals surface area (Å²) in [7, 11) is 0. The molecule has 0 aromatic heterocycles. The highest BCUT2D eigenvalue weighted by atomic mass is 35.5. The van der Waals surface area contributed by atoms with Crippen molar-refractivity contribution in [1.82, 2.24) is 0 Å². The lowest BCUT2D eigenvalue weighted by atomic mass is 10.1. The van der Waals surface area contributed by atoms with Crippen LogP contribution in [-0.2, 0) is 5.88 Å². The van der Waals surface area contributed by atoms with Gasteiger partial charge in [0.15, 0.2) is 0 Å². The van der Waals surface area contributed by atoms with Crippen molar-refractivity contribution in [1.29, 1.82) is 0 Å². The molecular weight excluding hydrogens is 234 g/mol. The van der Waals surface area contributed by atoms with E-state index in [1.54, 1.807) is 0 Å². The number of hydrogen-bond donors (Lipinski definition) is 1. The molecule has 0 heterocycles. The van der Waals surface area contributed by atoms with E-state index in [1.165, 1.54) is 12.8 Å². The molecule has 0 amide bonds. The van der Waals surface area contributed by atoms with Crippen LogP contribution >= 0.6 is 11.6 Å². The van der Waals surface area contributed by atoms with Gasteiger partial charge in [0.05, 0.1) is 12.5 Å². The van der Waals surface area contributed by atoms with Crippen molar-refractivity contribution in [3.05, 3.63) is 23.8 Å². The van der Waals surface area contributed by atoms with Gasteiger partial charge in [-0.25, -0.2) is 0 Å². The summed E-state index contributed by atoms with van der Waals surface area (Å²) < 4.78 is 5.52. The minimum absolute atomic E-state index is 0.479. The van der Waals surface area contributed by atoms with E-state index in [1.807, 2.05) is 19.1 Å². The Morgan fingerprint density at radius 2 is 2.12 bits per heavy atom. The van der Waals surface area contributed by atoms with Crippen LogP contribution in [0.1, 0.15) is 39.2 Å².